The number of nitrogens with one attached hydrogen (secondary N) is 1. The summed E-state index contributed by atoms with van der Waals surface area (Å²) in [7, 11) is 0. The number of nitrogens with zero attached hydrogens (tertiary/aromatic N) is 2. The zero-order valence-corrected chi connectivity index (χ0v) is 14.6. The van der Waals surface area contributed by atoms with Gasteiger partial charge in [0.25, 0.3) is 11.8 Å². The zero-order valence-electron chi connectivity index (χ0n) is 14.6. The third kappa shape index (κ3) is 3.51. The molecule has 1 N–H and O–H groups in total. The van der Waals surface area contributed by atoms with Gasteiger partial charge in [0.1, 0.15) is 5.75 Å². The molecule has 0 bridgehead atoms. The van der Waals surface area contributed by atoms with Crippen LogP contribution in [0.1, 0.15) is 27.3 Å². The van der Waals surface area contributed by atoms with Crippen LogP contribution in [0.4, 0.5) is 5.69 Å². The number of hydrogen-bond acceptors (Lipinski definition) is 5. The summed E-state index contributed by atoms with van der Waals surface area (Å²) in [5.41, 5.74) is 0.986. The highest BCUT2D eigenvalue weighted by Gasteiger charge is 2.27. The lowest BCUT2D eigenvalue weighted by Gasteiger charge is -2.34. The van der Waals surface area contributed by atoms with Crippen molar-refractivity contribution >= 4 is 23.4 Å². The molecule has 1 aromatic carbocycles. The lowest BCUT2D eigenvalue weighted by molar-refractivity contribution is -0.116. The quantitative estimate of drug-likeness (QED) is 0.868. The number of furan rings is 1. The largest absolute Gasteiger partial charge is 0.491 e. The van der Waals surface area contributed by atoms with Crippen LogP contribution >= 0.6 is 0 Å². The number of carbonyl (C=O) groups excluding carboxylic acids is 3. The van der Waals surface area contributed by atoms with Crippen molar-refractivity contribution in [1.29, 1.82) is 0 Å². The lowest BCUT2D eigenvalue weighted by atomic mass is 10.1. The van der Waals surface area contributed by atoms with Crippen LogP contribution in [0.15, 0.2) is 41.0 Å². The Kier molecular flexibility index (Phi) is 4.53. The van der Waals surface area contributed by atoms with Gasteiger partial charge < -0.3 is 24.3 Å². The van der Waals surface area contributed by atoms with Crippen LogP contribution in [0.2, 0.25) is 0 Å². The van der Waals surface area contributed by atoms with Crippen LogP contribution in [0.3, 0.4) is 0 Å². The Bertz CT molecular complexity index is 869. The van der Waals surface area contributed by atoms with Gasteiger partial charge in [0.15, 0.2) is 5.76 Å². The Labute approximate surface area is 155 Å². The minimum absolute atomic E-state index is 0.136. The Morgan fingerprint density at radius 2 is 1.74 bits per heavy atom. The van der Waals surface area contributed by atoms with Gasteiger partial charge in [-0.25, -0.2) is 0 Å². The number of piperazine rings is 1. The fourth-order valence-electron chi connectivity index (χ4n) is 3.20. The second kappa shape index (κ2) is 7.14. The average Bonchev–Trinajstić information content (AvgIpc) is 3.16. The minimum Gasteiger partial charge on any atom is -0.491 e. The Morgan fingerprint density at radius 3 is 2.44 bits per heavy atom. The molecule has 0 unspecified atom stereocenters. The van der Waals surface area contributed by atoms with E-state index >= 15 is 0 Å². The topological polar surface area (TPSA) is 92.1 Å². The molecule has 2 aliphatic heterocycles. The van der Waals surface area contributed by atoms with Gasteiger partial charge in [0, 0.05) is 31.7 Å². The van der Waals surface area contributed by atoms with Crippen LogP contribution in [0, 0.1) is 0 Å². The first-order chi connectivity index (χ1) is 13.1. The molecule has 1 aromatic heterocycles. The summed E-state index contributed by atoms with van der Waals surface area (Å²) < 4.78 is 10.7. The van der Waals surface area contributed by atoms with Crippen LogP contribution in [0.25, 0.3) is 0 Å². The zero-order chi connectivity index (χ0) is 18.8. The van der Waals surface area contributed by atoms with Gasteiger partial charge in [-0.05, 0) is 30.3 Å². The highest BCUT2D eigenvalue weighted by molar-refractivity contribution is 5.99. The van der Waals surface area contributed by atoms with Crippen LogP contribution in [-0.4, -0.2) is 60.3 Å². The summed E-state index contributed by atoms with van der Waals surface area (Å²) in [4.78, 5) is 40.2. The monoisotopic (exact) mass is 369 g/mol. The number of benzene rings is 1. The number of rotatable bonds is 2. The van der Waals surface area contributed by atoms with E-state index in [1.165, 1.54) is 6.26 Å². The molecule has 1 fully saturated rings. The third-order valence-corrected chi connectivity index (χ3v) is 4.67. The van der Waals surface area contributed by atoms with Crippen molar-refractivity contribution in [3.8, 4) is 5.75 Å². The van der Waals surface area contributed by atoms with E-state index in [4.69, 9.17) is 9.15 Å². The molecule has 2 aromatic rings. The van der Waals surface area contributed by atoms with E-state index in [1.807, 2.05) is 0 Å². The first-order valence-corrected chi connectivity index (χ1v) is 8.80. The number of hydrogen-bond donors (Lipinski definition) is 1. The van der Waals surface area contributed by atoms with Gasteiger partial charge in [0.05, 0.1) is 25.0 Å². The molecule has 1 saturated heterocycles. The molecule has 0 saturated carbocycles. The minimum atomic E-state index is -0.169. The maximum absolute atomic E-state index is 12.8. The summed E-state index contributed by atoms with van der Waals surface area (Å²) in [6.45, 7) is 2.07. The fourth-order valence-corrected chi connectivity index (χ4v) is 3.20. The van der Waals surface area contributed by atoms with Gasteiger partial charge in [-0.3, -0.25) is 14.4 Å². The van der Waals surface area contributed by atoms with Crippen LogP contribution < -0.4 is 10.1 Å². The van der Waals surface area contributed by atoms with E-state index in [0.717, 1.165) is 0 Å². The van der Waals surface area contributed by atoms with Crippen molar-refractivity contribution in [3.63, 3.8) is 0 Å². The Morgan fingerprint density at radius 1 is 1.00 bits per heavy atom. The van der Waals surface area contributed by atoms with Crippen molar-refractivity contribution in [2.24, 2.45) is 0 Å². The van der Waals surface area contributed by atoms with Gasteiger partial charge in [-0.2, -0.15) is 0 Å². The van der Waals surface area contributed by atoms with Crippen molar-refractivity contribution < 1.29 is 23.5 Å². The van der Waals surface area contributed by atoms with E-state index < -0.39 is 0 Å². The summed E-state index contributed by atoms with van der Waals surface area (Å²) in [6, 6.07) is 8.34. The van der Waals surface area contributed by atoms with Gasteiger partial charge >= 0.3 is 0 Å². The molecule has 3 amide bonds. The summed E-state index contributed by atoms with van der Waals surface area (Å²) >= 11 is 0. The number of fused-ring (bicyclic) bond motifs is 1. The molecule has 8 heteroatoms. The highest BCUT2D eigenvalue weighted by atomic mass is 16.5. The molecule has 27 heavy (non-hydrogen) atoms. The van der Waals surface area contributed by atoms with Gasteiger partial charge in [0.2, 0.25) is 5.91 Å². The van der Waals surface area contributed by atoms with E-state index in [-0.39, 0.29) is 24.1 Å². The lowest BCUT2D eigenvalue weighted by Crippen LogP contribution is -2.50. The average molecular weight is 369 g/mol. The number of amides is 3. The van der Waals surface area contributed by atoms with E-state index in [0.29, 0.717) is 55.5 Å². The van der Waals surface area contributed by atoms with Crippen molar-refractivity contribution in [2.45, 2.75) is 6.42 Å². The molecule has 0 radical (unpaired) electrons. The molecular formula is C19H19N3O5. The fraction of sp³-hybridized carbons (Fsp3) is 0.316. The van der Waals surface area contributed by atoms with Crippen LogP contribution in [0.5, 0.6) is 5.75 Å². The highest BCUT2D eigenvalue weighted by Crippen LogP contribution is 2.28. The van der Waals surface area contributed by atoms with Gasteiger partial charge in [-0.15, -0.1) is 0 Å². The molecular weight excluding hydrogens is 350 g/mol. The SMILES string of the molecule is O=C1CCOc2ccc(C(=O)N3CCN(C(=O)c4ccco4)CC3)cc2N1. The third-order valence-electron chi connectivity index (χ3n) is 4.67. The van der Waals surface area contributed by atoms with E-state index in [9.17, 15) is 14.4 Å². The normalized spacial score (nSPS) is 16.8. The summed E-state index contributed by atoms with van der Waals surface area (Å²) in [6.07, 6.45) is 1.75. The number of ether oxygens (including phenoxy) is 1. The van der Waals surface area contributed by atoms with Crippen molar-refractivity contribution in [1.82, 2.24) is 9.80 Å². The number of carbonyl (C=O) groups is 3. The second-order valence-electron chi connectivity index (χ2n) is 6.42. The molecule has 2 aliphatic rings. The van der Waals surface area contributed by atoms with E-state index in [2.05, 4.69) is 5.32 Å². The summed E-state index contributed by atoms with van der Waals surface area (Å²) in [5, 5.41) is 2.76. The smallest absolute Gasteiger partial charge is 0.289 e. The van der Waals surface area contributed by atoms with Crippen molar-refractivity contribution in [3.05, 3.63) is 47.9 Å². The molecule has 0 aliphatic carbocycles. The molecule has 3 heterocycles. The second-order valence-corrected chi connectivity index (χ2v) is 6.42. The summed E-state index contributed by atoms with van der Waals surface area (Å²) in [5.74, 6) is 0.421. The van der Waals surface area contributed by atoms with Gasteiger partial charge in [-0.1, -0.05) is 0 Å². The molecule has 0 atom stereocenters. The maximum atomic E-state index is 12.8. The molecule has 140 valence electrons. The Hall–Kier alpha value is -3.29. The maximum Gasteiger partial charge on any atom is 0.289 e. The predicted octanol–water partition coefficient (Wildman–Crippen LogP) is 1.60. The standard InChI is InChI=1S/C19H19N3O5/c23-17-5-11-27-15-4-3-13(12-14(15)20-17)18(24)21-6-8-22(9-7-21)19(25)16-2-1-10-26-16/h1-4,10,12H,5-9,11H2,(H,20,23). The van der Waals surface area contributed by atoms with E-state index in [1.54, 1.807) is 40.1 Å². The first-order valence-electron chi connectivity index (χ1n) is 8.80. The molecule has 4 rings (SSSR count). The number of anilines is 1. The van der Waals surface area contributed by atoms with Crippen LogP contribution in [-0.2, 0) is 4.79 Å². The Balaban J connectivity index is 1.42. The van der Waals surface area contributed by atoms with Crippen molar-refractivity contribution in [2.75, 3.05) is 38.1 Å². The first kappa shape index (κ1) is 17.1. The molecule has 0 spiro atoms. The predicted molar refractivity (Wildman–Crippen MR) is 95.7 cm³/mol. The molecule has 8 nitrogen and oxygen atoms in total.